The van der Waals surface area contributed by atoms with Crippen LogP contribution in [0, 0.1) is 0 Å². The Bertz CT molecular complexity index is 870. The fourth-order valence-corrected chi connectivity index (χ4v) is 4.58. The molecule has 28 heavy (non-hydrogen) atoms. The Balaban J connectivity index is 1.34. The highest BCUT2D eigenvalue weighted by Gasteiger charge is 2.14. The number of carbonyl (C=O) groups excluding carboxylic acids is 1. The van der Waals surface area contributed by atoms with Gasteiger partial charge in [-0.2, -0.15) is 0 Å². The van der Waals surface area contributed by atoms with Gasteiger partial charge in [0.2, 0.25) is 5.91 Å². The van der Waals surface area contributed by atoms with Gasteiger partial charge in [0.25, 0.3) is 0 Å². The van der Waals surface area contributed by atoms with Crippen LogP contribution >= 0.6 is 43.9 Å². The molecule has 1 aliphatic rings. The molecule has 3 N–H and O–H groups in total. The number of anilines is 2. The number of fused-ring (bicyclic) bond motifs is 1. The summed E-state index contributed by atoms with van der Waals surface area (Å²) in [6.07, 6.45) is 4.57. The van der Waals surface area contributed by atoms with Crippen molar-refractivity contribution in [1.29, 1.82) is 0 Å². The Kier molecular flexibility index (Phi) is 7.64. The summed E-state index contributed by atoms with van der Waals surface area (Å²) in [5.74, 6) is 0.885. The number of hydrogen-bond donors (Lipinski definition) is 2. The monoisotopic (exact) mass is 527 g/mol. The van der Waals surface area contributed by atoms with Crippen LogP contribution in [-0.2, 0) is 15.5 Å². The molecule has 1 aliphatic heterocycles. The topological polar surface area (TPSA) is 85.9 Å². The van der Waals surface area contributed by atoms with Crippen LogP contribution in [0.3, 0.4) is 0 Å². The number of oxime groups is 1. The summed E-state index contributed by atoms with van der Waals surface area (Å²) in [5.41, 5.74) is 8.50. The number of unbranched alkanes of at least 4 members (excludes halogenated alkanes) is 1. The molecule has 0 aliphatic carbocycles. The summed E-state index contributed by atoms with van der Waals surface area (Å²) >= 11 is 7.95. The van der Waals surface area contributed by atoms with E-state index < -0.39 is 0 Å². The van der Waals surface area contributed by atoms with E-state index in [-0.39, 0.29) is 5.91 Å². The molecule has 0 spiro atoms. The Labute approximate surface area is 184 Å². The molecule has 2 aromatic rings. The lowest BCUT2D eigenvalue weighted by atomic mass is 10.0. The van der Waals surface area contributed by atoms with Crippen molar-refractivity contribution in [2.45, 2.75) is 30.6 Å². The summed E-state index contributed by atoms with van der Waals surface area (Å²) < 4.78 is 12.6. The van der Waals surface area contributed by atoms with E-state index in [0.29, 0.717) is 18.7 Å². The second-order valence-corrected chi connectivity index (χ2v) is 8.60. The van der Waals surface area contributed by atoms with Crippen LogP contribution in [0.4, 0.5) is 11.4 Å². The number of nitrogens with one attached hydrogen (secondary N) is 1. The molecule has 0 saturated carbocycles. The number of nitrogens with two attached hydrogens (primary N) is 1. The molecule has 1 heterocycles. The molecule has 1 amide bonds. The van der Waals surface area contributed by atoms with Crippen molar-refractivity contribution in [2.75, 3.05) is 17.7 Å². The van der Waals surface area contributed by atoms with E-state index >= 15 is 0 Å². The minimum atomic E-state index is 0.0671. The molecule has 2 aromatic carbocycles. The highest BCUT2D eigenvalue weighted by molar-refractivity contribution is 9.11. The smallest absolute Gasteiger partial charge is 0.224 e. The van der Waals surface area contributed by atoms with E-state index in [1.807, 2.05) is 30.3 Å². The van der Waals surface area contributed by atoms with Crippen LogP contribution in [0.2, 0.25) is 0 Å². The van der Waals surface area contributed by atoms with Crippen LogP contribution in [0.5, 0.6) is 5.75 Å². The summed E-state index contributed by atoms with van der Waals surface area (Å²) in [6, 6.07) is 9.51. The molecule has 148 valence electrons. The van der Waals surface area contributed by atoms with Gasteiger partial charge in [0.15, 0.2) is 0 Å². The van der Waals surface area contributed by atoms with Crippen LogP contribution < -0.4 is 15.8 Å². The molecule has 9 heteroatoms. The largest absolute Gasteiger partial charge is 0.494 e. The van der Waals surface area contributed by atoms with Crippen molar-refractivity contribution < 1.29 is 13.8 Å². The number of nitrogen functional groups attached to an aromatic ring is 1. The first-order valence-corrected chi connectivity index (χ1v) is 11.0. The van der Waals surface area contributed by atoms with Crippen LogP contribution in [0.15, 0.2) is 49.3 Å². The second kappa shape index (κ2) is 10.2. The fraction of sp³-hybridized carbons (Fsp3) is 0.263. The lowest BCUT2D eigenvalue weighted by molar-refractivity contribution is -0.116. The predicted molar refractivity (Wildman–Crippen MR) is 120 cm³/mol. The van der Waals surface area contributed by atoms with E-state index in [0.717, 1.165) is 62.1 Å². The number of amides is 1. The molecule has 0 aromatic heterocycles. The molecule has 3 rings (SSSR count). The maximum atomic E-state index is 11.4. The zero-order valence-corrected chi connectivity index (χ0v) is 18.9. The average molecular weight is 529 g/mol. The molecule has 0 unspecified atom stereocenters. The van der Waals surface area contributed by atoms with Crippen LogP contribution in [-0.4, -0.2) is 18.7 Å². The van der Waals surface area contributed by atoms with Gasteiger partial charge in [-0.1, -0.05) is 5.16 Å². The van der Waals surface area contributed by atoms with E-state index in [4.69, 9.17) is 14.8 Å². The molecular weight excluding hydrogens is 510 g/mol. The fourth-order valence-electron chi connectivity index (χ4n) is 2.57. The van der Waals surface area contributed by atoms with Crippen molar-refractivity contribution in [3.05, 3.63) is 44.8 Å². The van der Waals surface area contributed by atoms with E-state index in [9.17, 15) is 4.79 Å². The van der Waals surface area contributed by atoms with Crippen molar-refractivity contribution in [1.82, 2.24) is 0 Å². The third-order valence-electron chi connectivity index (χ3n) is 4.02. The van der Waals surface area contributed by atoms with Gasteiger partial charge in [-0.3, -0.25) is 4.79 Å². The van der Waals surface area contributed by atoms with Gasteiger partial charge in [-0.05, 0) is 87.0 Å². The van der Waals surface area contributed by atoms with Crippen LogP contribution in [0.25, 0.3) is 0 Å². The summed E-state index contributed by atoms with van der Waals surface area (Å²) in [6.45, 7) is 0.585. The summed E-state index contributed by atoms with van der Waals surface area (Å²) in [4.78, 5) is 12.3. The maximum Gasteiger partial charge on any atom is 0.224 e. The number of nitrogens with zero attached hydrogens (tertiary/aromatic N) is 1. The highest BCUT2D eigenvalue weighted by Crippen LogP contribution is 2.34. The molecule has 0 atom stereocenters. The van der Waals surface area contributed by atoms with Gasteiger partial charge in [-0.25, -0.2) is 0 Å². The number of benzene rings is 2. The Morgan fingerprint density at radius 3 is 2.79 bits per heavy atom. The summed E-state index contributed by atoms with van der Waals surface area (Å²) in [5, 5.41) is 6.80. The number of carbonyl (C=O) groups is 1. The van der Waals surface area contributed by atoms with E-state index in [1.54, 1.807) is 6.21 Å². The normalized spacial score (nSPS) is 13.3. The quantitative estimate of drug-likeness (QED) is 0.154. The zero-order chi connectivity index (χ0) is 19.9. The van der Waals surface area contributed by atoms with Gasteiger partial charge >= 0.3 is 0 Å². The van der Waals surface area contributed by atoms with Gasteiger partial charge in [0, 0.05) is 27.3 Å². The predicted octanol–water partition coefficient (Wildman–Crippen LogP) is 5.55. The van der Waals surface area contributed by atoms with Crippen molar-refractivity contribution in [3.8, 4) is 5.75 Å². The molecule has 0 radical (unpaired) electrons. The number of hydrogen-bond acceptors (Lipinski definition) is 6. The minimum absolute atomic E-state index is 0.0671. The first-order chi connectivity index (χ1) is 13.5. The van der Waals surface area contributed by atoms with Crippen molar-refractivity contribution in [3.63, 3.8) is 0 Å². The lowest BCUT2D eigenvalue weighted by Gasteiger charge is -2.17. The Morgan fingerprint density at radius 2 is 2.00 bits per heavy atom. The zero-order valence-electron chi connectivity index (χ0n) is 14.9. The highest BCUT2D eigenvalue weighted by atomic mass is 79.9. The molecule has 0 bridgehead atoms. The first-order valence-electron chi connectivity index (χ1n) is 8.68. The van der Waals surface area contributed by atoms with Gasteiger partial charge in [0.1, 0.15) is 17.8 Å². The van der Waals surface area contributed by atoms with E-state index in [1.165, 1.54) is 0 Å². The lowest BCUT2D eigenvalue weighted by Crippen LogP contribution is -2.18. The van der Waals surface area contributed by atoms with Crippen molar-refractivity contribution >= 4 is 67.4 Å². The molecule has 0 fully saturated rings. The van der Waals surface area contributed by atoms with Gasteiger partial charge in [-0.15, -0.1) is 0 Å². The third-order valence-corrected chi connectivity index (χ3v) is 5.92. The minimum Gasteiger partial charge on any atom is -0.494 e. The molecule has 0 saturated heterocycles. The Hall–Kier alpha value is -1.71. The number of halogens is 2. The Morgan fingerprint density at radius 1 is 1.21 bits per heavy atom. The third kappa shape index (κ3) is 5.89. The van der Waals surface area contributed by atoms with Crippen LogP contribution in [0.1, 0.15) is 24.8 Å². The van der Waals surface area contributed by atoms with Gasteiger partial charge in [0.05, 0.1) is 17.2 Å². The van der Waals surface area contributed by atoms with Gasteiger partial charge < -0.3 is 20.1 Å². The van der Waals surface area contributed by atoms with E-state index in [2.05, 4.69) is 42.3 Å². The summed E-state index contributed by atoms with van der Waals surface area (Å²) in [7, 11) is 0. The first kappa shape index (κ1) is 21.0. The second-order valence-electron chi connectivity index (χ2n) is 6.10. The maximum absolute atomic E-state index is 11.4. The molecule has 6 nitrogen and oxygen atoms in total. The number of aryl methyl sites for hydroxylation is 1. The average Bonchev–Trinajstić information content (AvgIpc) is 2.68. The SMILES string of the molecule is Nc1c(Br)cc(SON=CCCCOc2ccc3c(c2)CCC(=O)N3)cc1Br. The number of rotatable bonds is 8. The molecular formula is C19H19Br2N3O3S. The van der Waals surface area contributed by atoms with Crippen molar-refractivity contribution in [2.24, 2.45) is 5.16 Å². The standard InChI is InChI=1S/C19H19Br2N3O3S/c20-15-10-14(11-16(21)19(15)22)28-27-23-7-1-2-8-26-13-4-5-17-12(9-13)3-6-18(25)24-17/h4-5,7,9-11H,1-3,6,8,22H2,(H,24,25). The number of ether oxygens (including phenoxy) is 1.